The highest BCUT2D eigenvalue weighted by molar-refractivity contribution is 5.98. The number of carbonyl (C=O) groups excluding carboxylic acids is 1. The molecular formula is C17H19NO3. The minimum atomic E-state index is -0.483. The van der Waals surface area contributed by atoms with Gasteiger partial charge in [-0.2, -0.15) is 0 Å². The topological polar surface area (TPSA) is 61.5 Å². The van der Waals surface area contributed by atoms with E-state index in [1.165, 1.54) is 18.2 Å². The molecule has 0 aromatic heterocycles. The minimum absolute atomic E-state index is 0.206. The maximum absolute atomic E-state index is 12.2. The van der Waals surface area contributed by atoms with Crippen LogP contribution in [0.1, 0.15) is 27.0 Å². The number of methoxy groups -OCH3 is 1. The number of carbonyl (C=O) groups is 1. The zero-order valence-corrected chi connectivity index (χ0v) is 12.5. The van der Waals surface area contributed by atoms with Crippen LogP contribution in [0.25, 0.3) is 0 Å². The first kappa shape index (κ1) is 14.9. The molecule has 4 heteroatoms. The van der Waals surface area contributed by atoms with Gasteiger partial charge in [0.2, 0.25) is 0 Å². The van der Waals surface area contributed by atoms with Crippen molar-refractivity contribution >= 4 is 11.7 Å². The predicted octanol–water partition coefficient (Wildman–Crippen LogP) is 3.25. The molecule has 4 nitrogen and oxygen atoms in total. The van der Waals surface area contributed by atoms with Gasteiger partial charge < -0.3 is 15.2 Å². The summed E-state index contributed by atoms with van der Waals surface area (Å²) in [4.78, 5) is 12.2. The van der Waals surface area contributed by atoms with Crippen molar-refractivity contribution < 1.29 is 14.3 Å². The van der Waals surface area contributed by atoms with Gasteiger partial charge in [0.05, 0.1) is 7.11 Å². The van der Waals surface area contributed by atoms with Gasteiger partial charge in [0, 0.05) is 5.69 Å². The van der Waals surface area contributed by atoms with Gasteiger partial charge in [-0.15, -0.1) is 0 Å². The second-order valence-corrected chi connectivity index (χ2v) is 4.92. The van der Waals surface area contributed by atoms with Gasteiger partial charge >= 0.3 is 5.97 Å². The second kappa shape index (κ2) is 6.31. The number of ether oxygens (including phenoxy) is 2. The van der Waals surface area contributed by atoms with Gasteiger partial charge in [0.15, 0.2) is 0 Å². The average Bonchev–Trinajstić information content (AvgIpc) is 2.47. The summed E-state index contributed by atoms with van der Waals surface area (Å²) in [6.45, 7) is 4.27. The highest BCUT2D eigenvalue weighted by Gasteiger charge is 2.17. The third-order valence-corrected chi connectivity index (χ3v) is 3.42. The molecule has 0 heterocycles. The van der Waals surface area contributed by atoms with Crippen molar-refractivity contribution in [3.63, 3.8) is 0 Å². The summed E-state index contributed by atoms with van der Waals surface area (Å²) in [6, 6.07) is 11.0. The van der Waals surface area contributed by atoms with E-state index in [1.54, 1.807) is 18.2 Å². The van der Waals surface area contributed by atoms with Gasteiger partial charge in [-0.25, -0.2) is 4.79 Å². The fourth-order valence-corrected chi connectivity index (χ4v) is 2.05. The van der Waals surface area contributed by atoms with Crippen molar-refractivity contribution in [1.29, 1.82) is 0 Å². The number of anilines is 1. The van der Waals surface area contributed by atoms with Crippen molar-refractivity contribution in [3.8, 4) is 5.75 Å². The molecule has 0 saturated carbocycles. The van der Waals surface area contributed by atoms with Crippen molar-refractivity contribution in [2.24, 2.45) is 0 Å². The van der Waals surface area contributed by atoms with Crippen molar-refractivity contribution in [3.05, 3.63) is 58.7 Å². The van der Waals surface area contributed by atoms with Crippen LogP contribution in [-0.4, -0.2) is 13.1 Å². The second-order valence-electron chi connectivity index (χ2n) is 4.92. The first-order valence-corrected chi connectivity index (χ1v) is 6.68. The Balaban J connectivity index is 2.13. The molecule has 0 bridgehead atoms. The Morgan fingerprint density at radius 3 is 2.57 bits per heavy atom. The number of rotatable bonds is 4. The summed E-state index contributed by atoms with van der Waals surface area (Å²) in [7, 11) is 1.49. The van der Waals surface area contributed by atoms with Gasteiger partial charge in [-0.1, -0.05) is 24.3 Å². The average molecular weight is 285 g/mol. The molecule has 0 unspecified atom stereocenters. The molecule has 2 N–H and O–H groups in total. The lowest BCUT2D eigenvalue weighted by molar-refractivity contribution is 0.0470. The first-order valence-electron chi connectivity index (χ1n) is 6.68. The number of hydrogen-bond donors (Lipinski definition) is 1. The zero-order chi connectivity index (χ0) is 15.4. The summed E-state index contributed by atoms with van der Waals surface area (Å²) < 4.78 is 10.5. The number of esters is 1. The Hall–Kier alpha value is -2.49. The largest absolute Gasteiger partial charge is 0.496 e. The van der Waals surface area contributed by atoms with Crippen LogP contribution in [0.3, 0.4) is 0 Å². The summed E-state index contributed by atoms with van der Waals surface area (Å²) >= 11 is 0. The van der Waals surface area contributed by atoms with Crippen LogP contribution in [0.4, 0.5) is 5.69 Å². The van der Waals surface area contributed by atoms with E-state index in [-0.39, 0.29) is 12.2 Å². The van der Waals surface area contributed by atoms with E-state index >= 15 is 0 Å². The molecule has 0 fully saturated rings. The van der Waals surface area contributed by atoms with E-state index in [0.29, 0.717) is 11.4 Å². The summed E-state index contributed by atoms with van der Waals surface area (Å²) in [6.07, 6.45) is 0. The number of nitrogens with two attached hydrogens (primary N) is 1. The summed E-state index contributed by atoms with van der Waals surface area (Å²) in [5.41, 5.74) is 9.76. The van der Waals surface area contributed by atoms with Crippen LogP contribution in [0, 0.1) is 13.8 Å². The Kier molecular flexibility index (Phi) is 4.48. The summed E-state index contributed by atoms with van der Waals surface area (Å²) in [5, 5.41) is 0. The lowest BCUT2D eigenvalue weighted by Gasteiger charge is -2.11. The lowest BCUT2D eigenvalue weighted by atomic mass is 10.1. The third kappa shape index (κ3) is 3.34. The fraction of sp³-hybridized carbons (Fsp3) is 0.235. The molecule has 0 atom stereocenters. The standard InChI is InChI=1S/C17H19NO3/c1-11-7-8-13(9-12(11)2)10-21-17(19)16-14(18)5-4-6-15(16)20-3/h4-9H,10,18H2,1-3H3. The van der Waals surface area contributed by atoms with Crippen molar-refractivity contribution in [1.82, 2.24) is 0 Å². The number of benzene rings is 2. The van der Waals surface area contributed by atoms with Gasteiger partial charge in [-0.05, 0) is 42.7 Å². The minimum Gasteiger partial charge on any atom is -0.496 e. The first-order chi connectivity index (χ1) is 10.0. The highest BCUT2D eigenvalue weighted by Crippen LogP contribution is 2.25. The molecule has 0 aliphatic rings. The third-order valence-electron chi connectivity index (χ3n) is 3.42. The van der Waals surface area contributed by atoms with Crippen LogP contribution in [0.2, 0.25) is 0 Å². The molecule has 2 aromatic rings. The van der Waals surface area contributed by atoms with Crippen LogP contribution in [0.15, 0.2) is 36.4 Å². The zero-order valence-electron chi connectivity index (χ0n) is 12.5. The Morgan fingerprint density at radius 2 is 1.90 bits per heavy atom. The quantitative estimate of drug-likeness (QED) is 0.692. The van der Waals surface area contributed by atoms with Crippen LogP contribution >= 0.6 is 0 Å². The van der Waals surface area contributed by atoms with E-state index in [9.17, 15) is 4.79 Å². The summed E-state index contributed by atoms with van der Waals surface area (Å²) in [5.74, 6) is -0.0664. The smallest absolute Gasteiger partial charge is 0.344 e. The molecule has 2 rings (SSSR count). The van der Waals surface area contributed by atoms with Crippen LogP contribution in [-0.2, 0) is 11.3 Å². The molecule has 0 radical (unpaired) electrons. The monoisotopic (exact) mass is 285 g/mol. The van der Waals surface area contributed by atoms with E-state index < -0.39 is 5.97 Å². The van der Waals surface area contributed by atoms with Gasteiger partial charge in [0.25, 0.3) is 0 Å². The number of aryl methyl sites for hydroxylation is 2. The maximum Gasteiger partial charge on any atom is 0.344 e. The molecule has 110 valence electrons. The molecule has 0 amide bonds. The van der Waals surface area contributed by atoms with E-state index in [2.05, 4.69) is 0 Å². The van der Waals surface area contributed by atoms with E-state index in [4.69, 9.17) is 15.2 Å². The van der Waals surface area contributed by atoms with Crippen molar-refractivity contribution in [2.75, 3.05) is 12.8 Å². The molecule has 2 aromatic carbocycles. The molecule has 0 spiro atoms. The van der Waals surface area contributed by atoms with E-state index in [0.717, 1.165) is 5.56 Å². The highest BCUT2D eigenvalue weighted by atomic mass is 16.5. The fourth-order valence-electron chi connectivity index (χ4n) is 2.05. The SMILES string of the molecule is COc1cccc(N)c1C(=O)OCc1ccc(C)c(C)c1. The Bertz CT molecular complexity index is 665. The van der Waals surface area contributed by atoms with Crippen LogP contribution in [0.5, 0.6) is 5.75 Å². The van der Waals surface area contributed by atoms with Gasteiger partial charge in [-0.3, -0.25) is 0 Å². The molecule has 0 aliphatic heterocycles. The van der Waals surface area contributed by atoms with Crippen molar-refractivity contribution in [2.45, 2.75) is 20.5 Å². The number of nitrogen functional groups attached to an aromatic ring is 1. The lowest BCUT2D eigenvalue weighted by Crippen LogP contribution is -2.10. The molecule has 0 saturated heterocycles. The van der Waals surface area contributed by atoms with Crippen LogP contribution < -0.4 is 10.5 Å². The number of hydrogen-bond acceptors (Lipinski definition) is 4. The normalized spacial score (nSPS) is 10.2. The van der Waals surface area contributed by atoms with Gasteiger partial charge in [0.1, 0.15) is 17.9 Å². The maximum atomic E-state index is 12.2. The molecule has 21 heavy (non-hydrogen) atoms. The predicted molar refractivity (Wildman–Crippen MR) is 82.4 cm³/mol. The Morgan fingerprint density at radius 1 is 1.14 bits per heavy atom. The van der Waals surface area contributed by atoms with E-state index in [1.807, 2.05) is 32.0 Å². The molecule has 0 aliphatic carbocycles. The molecular weight excluding hydrogens is 266 g/mol. The Labute approximate surface area is 124 Å².